The lowest BCUT2D eigenvalue weighted by Crippen LogP contribution is -2.57. The van der Waals surface area contributed by atoms with Crippen molar-refractivity contribution < 1.29 is 0 Å². The van der Waals surface area contributed by atoms with E-state index in [9.17, 15) is 0 Å². The van der Waals surface area contributed by atoms with Crippen LogP contribution in [0.3, 0.4) is 0 Å². The van der Waals surface area contributed by atoms with Crippen molar-refractivity contribution in [1.82, 2.24) is 4.48 Å². The van der Waals surface area contributed by atoms with Crippen LogP contribution in [-0.2, 0) is 10.8 Å². The molecule has 0 spiro atoms. The number of hydrogen-bond acceptors (Lipinski definition) is 1. The summed E-state index contributed by atoms with van der Waals surface area (Å²) in [6.07, 6.45) is 0. The second-order valence-electron chi connectivity index (χ2n) is 14.5. The largest absolute Gasteiger partial charge is 0.375 e. The second kappa shape index (κ2) is 9.01. The van der Waals surface area contributed by atoms with E-state index >= 15 is 0 Å². The molecular weight excluding hydrogens is 634 g/mol. The first-order valence-corrected chi connectivity index (χ1v) is 16.4. The molecule has 5 aromatic carbocycles. The highest BCUT2D eigenvalue weighted by Gasteiger charge is 2.43. The minimum absolute atomic E-state index is 0.0301. The van der Waals surface area contributed by atoms with Gasteiger partial charge in [0, 0.05) is 42.3 Å². The second-order valence-corrected chi connectivity index (χ2v) is 15.7. The lowest BCUT2D eigenvalue weighted by molar-refractivity contribution is 0.569. The third kappa shape index (κ3) is 3.84. The highest BCUT2D eigenvalue weighted by atomic mass is 127. The van der Waals surface area contributed by atoms with Crippen molar-refractivity contribution in [2.75, 3.05) is 4.90 Å². The standard InChI is InChI=1S/C39H36BIN2/c1-23-18-31-37(32(41)19-23)42(26-21-24(38(2,3)4)20-25(22-26)39(5,6)7)34-17-11-13-28-30-15-10-14-29-27-12-8-9-16-33(27)43(36(29)30)40(31)35(28)34/h8-22H,1-7H3. The van der Waals surface area contributed by atoms with Crippen LogP contribution in [0.15, 0.2) is 91.0 Å². The molecule has 0 fully saturated rings. The summed E-state index contributed by atoms with van der Waals surface area (Å²) in [5.74, 6) is 0. The van der Waals surface area contributed by atoms with E-state index in [0.717, 1.165) is 0 Å². The molecule has 0 radical (unpaired) electrons. The molecule has 0 unspecified atom stereocenters. The quantitative estimate of drug-likeness (QED) is 0.125. The van der Waals surface area contributed by atoms with Crippen LogP contribution in [0.2, 0.25) is 0 Å². The van der Waals surface area contributed by atoms with E-state index in [1.54, 1.807) is 0 Å². The molecule has 8 rings (SSSR count). The number of fused-ring (bicyclic) bond motifs is 7. The average Bonchev–Trinajstić information content (AvgIpc) is 3.29. The van der Waals surface area contributed by atoms with E-state index in [2.05, 4.69) is 171 Å². The van der Waals surface area contributed by atoms with Crippen molar-refractivity contribution in [3.63, 3.8) is 0 Å². The van der Waals surface area contributed by atoms with Crippen molar-refractivity contribution in [3.8, 4) is 11.1 Å². The van der Waals surface area contributed by atoms with Crippen molar-refractivity contribution >= 4 is 79.2 Å². The van der Waals surface area contributed by atoms with Crippen LogP contribution in [-0.4, -0.2) is 11.3 Å². The monoisotopic (exact) mass is 670 g/mol. The molecule has 1 aromatic heterocycles. The van der Waals surface area contributed by atoms with Gasteiger partial charge in [0.25, 0.3) is 0 Å². The molecule has 0 aliphatic carbocycles. The molecule has 0 saturated carbocycles. The lowest BCUT2D eigenvalue weighted by Gasteiger charge is -2.41. The Bertz CT molecular complexity index is 2110. The fourth-order valence-electron chi connectivity index (χ4n) is 7.43. The number of halogens is 1. The summed E-state index contributed by atoms with van der Waals surface area (Å²) in [6, 6.07) is 34.9. The van der Waals surface area contributed by atoms with Gasteiger partial charge >= 0.3 is 6.85 Å². The number of rotatable bonds is 1. The molecule has 2 aliphatic rings. The van der Waals surface area contributed by atoms with Crippen molar-refractivity contribution in [2.45, 2.75) is 59.3 Å². The summed E-state index contributed by atoms with van der Waals surface area (Å²) in [5, 5.41) is 2.66. The average molecular weight is 670 g/mol. The highest BCUT2D eigenvalue weighted by molar-refractivity contribution is 14.1. The number of aryl methyl sites for hydroxylation is 1. The topological polar surface area (TPSA) is 8.17 Å². The van der Waals surface area contributed by atoms with Crippen LogP contribution in [0.1, 0.15) is 58.2 Å². The van der Waals surface area contributed by atoms with Crippen LogP contribution in [0.25, 0.3) is 32.9 Å². The first-order chi connectivity index (χ1) is 20.4. The molecule has 0 atom stereocenters. The van der Waals surface area contributed by atoms with Gasteiger partial charge in [-0.3, -0.25) is 0 Å². The van der Waals surface area contributed by atoms with Gasteiger partial charge in [0.15, 0.2) is 0 Å². The fourth-order valence-corrected chi connectivity index (χ4v) is 8.48. The molecule has 0 N–H and O–H groups in total. The number of aromatic nitrogens is 1. The third-order valence-electron chi connectivity index (χ3n) is 9.54. The molecule has 43 heavy (non-hydrogen) atoms. The Kier molecular flexibility index (Phi) is 5.67. The molecule has 0 saturated heterocycles. The number of benzene rings is 5. The van der Waals surface area contributed by atoms with Crippen molar-refractivity contribution in [1.29, 1.82) is 0 Å². The van der Waals surface area contributed by atoms with Gasteiger partial charge in [-0.25, -0.2) is 0 Å². The molecule has 2 nitrogen and oxygen atoms in total. The Morgan fingerprint density at radius 3 is 2.05 bits per heavy atom. The Morgan fingerprint density at radius 1 is 0.674 bits per heavy atom. The van der Waals surface area contributed by atoms with Crippen LogP contribution in [0, 0.1) is 10.5 Å². The maximum absolute atomic E-state index is 2.64. The predicted octanol–water partition coefficient (Wildman–Crippen LogP) is 9.72. The van der Waals surface area contributed by atoms with Crippen LogP contribution in [0.4, 0.5) is 17.1 Å². The van der Waals surface area contributed by atoms with Gasteiger partial charge < -0.3 is 9.38 Å². The predicted molar refractivity (Wildman–Crippen MR) is 195 cm³/mol. The number of para-hydroxylation sites is 2. The first-order valence-electron chi connectivity index (χ1n) is 15.3. The number of nitrogens with zero attached hydrogens (tertiary/aromatic N) is 2. The molecule has 212 valence electrons. The summed E-state index contributed by atoms with van der Waals surface area (Å²) in [5.41, 5.74) is 16.0. The zero-order chi connectivity index (χ0) is 30.0. The summed E-state index contributed by atoms with van der Waals surface area (Å²) >= 11 is 2.58. The summed E-state index contributed by atoms with van der Waals surface area (Å²) < 4.78 is 3.93. The molecule has 3 heterocycles. The third-order valence-corrected chi connectivity index (χ3v) is 10.4. The zero-order valence-corrected chi connectivity index (χ0v) is 28.2. The Labute approximate surface area is 269 Å². The molecule has 0 bridgehead atoms. The zero-order valence-electron chi connectivity index (χ0n) is 26.0. The molecule has 4 heteroatoms. The van der Waals surface area contributed by atoms with Gasteiger partial charge in [0.1, 0.15) is 0 Å². The minimum Gasteiger partial charge on any atom is -0.375 e. The highest BCUT2D eigenvalue weighted by Crippen LogP contribution is 2.47. The Morgan fingerprint density at radius 2 is 1.33 bits per heavy atom. The molecular formula is C39H36BIN2. The molecule has 2 aliphatic heterocycles. The van der Waals surface area contributed by atoms with E-state index in [4.69, 9.17) is 0 Å². The summed E-state index contributed by atoms with van der Waals surface area (Å²) in [4.78, 5) is 2.58. The van der Waals surface area contributed by atoms with Crippen molar-refractivity contribution in [2.24, 2.45) is 0 Å². The van der Waals surface area contributed by atoms with E-state index in [0.29, 0.717) is 0 Å². The molecule has 0 amide bonds. The Hall–Kier alpha value is -3.51. The number of hydrogen-bond donors (Lipinski definition) is 0. The smallest absolute Gasteiger partial charge is 0.333 e. The van der Waals surface area contributed by atoms with Gasteiger partial charge in [0.2, 0.25) is 0 Å². The normalized spacial score (nSPS) is 14.0. The van der Waals surface area contributed by atoms with E-state index in [1.165, 1.54) is 81.2 Å². The molecule has 6 aromatic rings. The first kappa shape index (κ1) is 27.1. The van der Waals surface area contributed by atoms with Crippen molar-refractivity contribution in [3.05, 3.63) is 111 Å². The number of anilines is 3. The van der Waals surface area contributed by atoms with E-state index < -0.39 is 0 Å². The van der Waals surface area contributed by atoms with E-state index in [1.807, 2.05) is 0 Å². The maximum Gasteiger partial charge on any atom is 0.333 e. The lowest BCUT2D eigenvalue weighted by atomic mass is 9.45. The minimum atomic E-state index is 0.0301. The summed E-state index contributed by atoms with van der Waals surface area (Å²) in [6.45, 7) is 16.3. The SMILES string of the molecule is Cc1cc(I)c2c(c1)B1c3c(cccc3N2c2cc(C(C)(C)C)cc(C(C)(C)C)c2)-c2cccc3c4ccccc4n1c23. The fraction of sp³-hybridized carbons (Fsp3) is 0.231. The van der Waals surface area contributed by atoms with Gasteiger partial charge in [-0.15, -0.1) is 0 Å². The van der Waals surface area contributed by atoms with Gasteiger partial charge in [0.05, 0.1) is 5.69 Å². The van der Waals surface area contributed by atoms with Gasteiger partial charge in [-0.2, -0.15) is 0 Å². The van der Waals surface area contributed by atoms with Gasteiger partial charge in [-0.1, -0.05) is 108 Å². The summed E-state index contributed by atoms with van der Waals surface area (Å²) in [7, 11) is 0. The Balaban J connectivity index is 1.53. The van der Waals surface area contributed by atoms with E-state index in [-0.39, 0.29) is 17.7 Å². The maximum atomic E-state index is 2.64. The van der Waals surface area contributed by atoms with Gasteiger partial charge in [-0.05, 0) is 98.3 Å². The van der Waals surface area contributed by atoms with Crippen LogP contribution >= 0.6 is 22.6 Å². The van der Waals surface area contributed by atoms with Crippen LogP contribution < -0.4 is 15.8 Å². The van der Waals surface area contributed by atoms with Crippen LogP contribution in [0.5, 0.6) is 0 Å².